The number of aromatic nitrogens is 3. The Kier molecular flexibility index (Phi) is 3.33. The van der Waals surface area contributed by atoms with Crippen LogP contribution in [0.3, 0.4) is 0 Å². The van der Waals surface area contributed by atoms with Crippen LogP contribution in [0, 0.1) is 0 Å². The van der Waals surface area contributed by atoms with Crippen LogP contribution >= 0.6 is 0 Å². The summed E-state index contributed by atoms with van der Waals surface area (Å²) in [6.07, 6.45) is 2.50. The van der Waals surface area contributed by atoms with Crippen LogP contribution in [-0.4, -0.2) is 20.5 Å². The summed E-state index contributed by atoms with van der Waals surface area (Å²) >= 11 is 0. The van der Waals surface area contributed by atoms with Gasteiger partial charge in [0.1, 0.15) is 12.4 Å². The molecule has 1 aliphatic heterocycles. The minimum atomic E-state index is -0.216. The molecule has 2 aromatic rings. The lowest BCUT2D eigenvalue weighted by Gasteiger charge is -2.28. The van der Waals surface area contributed by atoms with E-state index in [9.17, 15) is 4.79 Å². The lowest BCUT2D eigenvalue weighted by Crippen LogP contribution is -2.27. The van der Waals surface area contributed by atoms with E-state index >= 15 is 0 Å². The van der Waals surface area contributed by atoms with E-state index in [1.165, 1.54) is 11.9 Å². The third-order valence-electron chi connectivity index (χ3n) is 3.88. The number of aryl methyl sites for hydroxylation is 1. The van der Waals surface area contributed by atoms with Gasteiger partial charge in [-0.05, 0) is 31.4 Å². The van der Waals surface area contributed by atoms with E-state index in [-0.39, 0.29) is 11.8 Å². The van der Waals surface area contributed by atoms with Crippen molar-refractivity contribution in [3.63, 3.8) is 0 Å². The van der Waals surface area contributed by atoms with Gasteiger partial charge in [0.15, 0.2) is 5.78 Å². The summed E-state index contributed by atoms with van der Waals surface area (Å²) in [7, 11) is 0. The third kappa shape index (κ3) is 2.24. The van der Waals surface area contributed by atoms with Crippen LogP contribution in [0.5, 0.6) is 0 Å². The molecule has 0 amide bonds. The third-order valence-corrected chi connectivity index (χ3v) is 3.88. The molecule has 1 N–H and O–H groups in total. The highest BCUT2D eigenvalue weighted by Gasteiger charge is 2.31. The van der Waals surface area contributed by atoms with Crippen molar-refractivity contribution in [2.45, 2.75) is 33.2 Å². The number of hydrogen-bond acceptors (Lipinski definition) is 4. The number of anilines is 1. The zero-order valence-electron chi connectivity index (χ0n) is 12.4. The SMILES string of the molecule is CCc1ccc([C@H]2C(C(C)=O)=C(C)Nc3ncnn32)cc1. The first kappa shape index (κ1) is 13.5. The molecular weight excluding hydrogens is 264 g/mol. The fourth-order valence-corrected chi connectivity index (χ4v) is 2.79. The summed E-state index contributed by atoms with van der Waals surface area (Å²) in [6.45, 7) is 5.62. The van der Waals surface area contributed by atoms with Gasteiger partial charge >= 0.3 is 0 Å². The lowest BCUT2D eigenvalue weighted by molar-refractivity contribution is -0.114. The molecule has 0 fully saturated rings. The molecule has 5 nitrogen and oxygen atoms in total. The molecule has 2 heterocycles. The second-order valence-corrected chi connectivity index (χ2v) is 5.25. The molecule has 0 unspecified atom stereocenters. The van der Waals surface area contributed by atoms with Crippen LogP contribution in [0.1, 0.15) is 37.9 Å². The fourth-order valence-electron chi connectivity index (χ4n) is 2.79. The maximum absolute atomic E-state index is 12.1. The normalized spacial score (nSPS) is 17.4. The predicted octanol–water partition coefficient (Wildman–Crippen LogP) is 2.72. The number of allylic oxidation sites excluding steroid dienone is 2. The molecule has 0 saturated carbocycles. The van der Waals surface area contributed by atoms with Crippen molar-refractivity contribution in [2.24, 2.45) is 0 Å². The number of rotatable bonds is 3. The van der Waals surface area contributed by atoms with Crippen LogP contribution in [0.4, 0.5) is 5.95 Å². The molecule has 0 spiro atoms. The van der Waals surface area contributed by atoms with Crippen LogP contribution in [-0.2, 0) is 11.2 Å². The van der Waals surface area contributed by atoms with Gasteiger partial charge in [0.2, 0.25) is 5.95 Å². The second kappa shape index (κ2) is 5.16. The van der Waals surface area contributed by atoms with Crippen LogP contribution in [0.2, 0.25) is 0 Å². The van der Waals surface area contributed by atoms with E-state index in [1.807, 2.05) is 6.92 Å². The molecule has 21 heavy (non-hydrogen) atoms. The van der Waals surface area contributed by atoms with E-state index in [4.69, 9.17) is 0 Å². The molecule has 1 aromatic carbocycles. The van der Waals surface area contributed by atoms with Gasteiger partial charge in [0.25, 0.3) is 0 Å². The number of nitrogens with zero attached hydrogens (tertiary/aromatic N) is 3. The van der Waals surface area contributed by atoms with Gasteiger partial charge in [0.05, 0.1) is 0 Å². The minimum Gasteiger partial charge on any atom is -0.328 e. The van der Waals surface area contributed by atoms with Crippen molar-refractivity contribution < 1.29 is 4.79 Å². The number of Topliss-reactive ketones (excluding diaryl/α,β-unsaturated/α-hetero) is 1. The molecule has 0 bridgehead atoms. The number of benzene rings is 1. The topological polar surface area (TPSA) is 59.8 Å². The van der Waals surface area contributed by atoms with Crippen molar-refractivity contribution in [2.75, 3.05) is 5.32 Å². The quantitative estimate of drug-likeness (QED) is 0.940. The van der Waals surface area contributed by atoms with Gasteiger partial charge in [-0.25, -0.2) is 4.68 Å². The van der Waals surface area contributed by atoms with Gasteiger partial charge < -0.3 is 5.32 Å². The Balaban J connectivity index is 2.14. The largest absolute Gasteiger partial charge is 0.328 e. The van der Waals surface area contributed by atoms with Gasteiger partial charge in [-0.15, -0.1) is 0 Å². The number of nitrogens with one attached hydrogen (secondary N) is 1. The lowest BCUT2D eigenvalue weighted by atomic mass is 9.92. The Morgan fingerprint density at radius 2 is 2.05 bits per heavy atom. The summed E-state index contributed by atoms with van der Waals surface area (Å²) in [6, 6.07) is 8.11. The summed E-state index contributed by atoms with van der Waals surface area (Å²) in [5.74, 6) is 0.716. The minimum absolute atomic E-state index is 0.0470. The highest BCUT2D eigenvalue weighted by atomic mass is 16.1. The Hall–Kier alpha value is -2.43. The molecule has 5 heteroatoms. The zero-order valence-corrected chi connectivity index (χ0v) is 12.4. The Bertz CT molecular complexity index is 712. The molecule has 3 rings (SSSR count). The molecule has 1 atom stereocenters. The number of ketones is 1. The summed E-state index contributed by atoms with van der Waals surface area (Å²) < 4.78 is 1.77. The van der Waals surface area contributed by atoms with Gasteiger partial charge in [0, 0.05) is 11.3 Å². The maximum atomic E-state index is 12.1. The zero-order chi connectivity index (χ0) is 15.0. The average Bonchev–Trinajstić information content (AvgIpc) is 2.93. The van der Waals surface area contributed by atoms with Crippen LogP contribution in [0.25, 0.3) is 0 Å². The van der Waals surface area contributed by atoms with Crippen molar-refractivity contribution >= 4 is 11.7 Å². The van der Waals surface area contributed by atoms with Crippen molar-refractivity contribution in [1.82, 2.24) is 14.8 Å². The summed E-state index contributed by atoms with van der Waals surface area (Å²) in [5.41, 5.74) is 3.89. The summed E-state index contributed by atoms with van der Waals surface area (Å²) in [5, 5.41) is 7.42. The van der Waals surface area contributed by atoms with E-state index in [2.05, 4.69) is 46.6 Å². The molecule has 108 valence electrons. The number of carbonyl (C=O) groups is 1. The second-order valence-electron chi connectivity index (χ2n) is 5.25. The van der Waals surface area contributed by atoms with Crippen molar-refractivity contribution in [3.8, 4) is 0 Å². The Labute approximate surface area is 123 Å². The maximum Gasteiger partial charge on any atom is 0.226 e. The smallest absolute Gasteiger partial charge is 0.226 e. The molecule has 0 saturated heterocycles. The molecule has 0 aliphatic carbocycles. The molecule has 1 aromatic heterocycles. The highest BCUT2D eigenvalue weighted by Crippen LogP contribution is 2.34. The fraction of sp³-hybridized carbons (Fsp3) is 0.312. The van der Waals surface area contributed by atoms with Crippen molar-refractivity contribution in [1.29, 1.82) is 0 Å². The molecule has 1 aliphatic rings. The van der Waals surface area contributed by atoms with Crippen LogP contribution < -0.4 is 5.32 Å². The first-order valence-corrected chi connectivity index (χ1v) is 7.09. The Morgan fingerprint density at radius 3 is 2.67 bits per heavy atom. The molecule has 0 radical (unpaired) electrons. The van der Waals surface area contributed by atoms with E-state index in [0.717, 1.165) is 23.3 Å². The number of hydrogen-bond donors (Lipinski definition) is 1. The Morgan fingerprint density at radius 1 is 1.33 bits per heavy atom. The van der Waals surface area contributed by atoms with E-state index in [1.54, 1.807) is 11.6 Å². The highest BCUT2D eigenvalue weighted by molar-refractivity contribution is 5.96. The first-order valence-electron chi connectivity index (χ1n) is 7.09. The van der Waals surface area contributed by atoms with Gasteiger partial charge in [-0.2, -0.15) is 10.1 Å². The standard InChI is InChI=1S/C16H18N4O/c1-4-12-5-7-13(8-6-12)15-14(11(3)21)10(2)19-16-17-9-18-20(15)16/h5-9,15H,4H2,1-3H3,(H,17,18,19)/t15-/m0/s1. The van der Waals surface area contributed by atoms with Crippen LogP contribution in [0.15, 0.2) is 41.9 Å². The van der Waals surface area contributed by atoms with Gasteiger partial charge in [-0.1, -0.05) is 31.2 Å². The number of fused-ring (bicyclic) bond motifs is 1. The average molecular weight is 282 g/mol. The molecular formula is C16H18N4O. The van der Waals surface area contributed by atoms with Crippen molar-refractivity contribution in [3.05, 3.63) is 53.0 Å². The monoisotopic (exact) mass is 282 g/mol. The first-order chi connectivity index (χ1) is 10.1. The number of carbonyl (C=O) groups excluding carboxylic acids is 1. The van der Waals surface area contributed by atoms with E-state index in [0.29, 0.717) is 5.95 Å². The predicted molar refractivity (Wildman–Crippen MR) is 81.0 cm³/mol. The van der Waals surface area contributed by atoms with E-state index < -0.39 is 0 Å². The summed E-state index contributed by atoms with van der Waals surface area (Å²) in [4.78, 5) is 16.3. The van der Waals surface area contributed by atoms with Gasteiger partial charge in [-0.3, -0.25) is 4.79 Å².